The van der Waals surface area contributed by atoms with E-state index < -0.39 is 17.4 Å². The third-order valence-corrected chi connectivity index (χ3v) is 5.57. The summed E-state index contributed by atoms with van der Waals surface area (Å²) in [4.78, 5) is 27.9. The van der Waals surface area contributed by atoms with Gasteiger partial charge in [-0.2, -0.15) is 4.99 Å². The highest BCUT2D eigenvalue weighted by Crippen LogP contribution is 2.44. The monoisotopic (exact) mass is 431 g/mol. The Kier molecular flexibility index (Phi) is 8.58. The first-order chi connectivity index (χ1) is 14.5. The van der Waals surface area contributed by atoms with Crippen LogP contribution in [0.3, 0.4) is 0 Å². The number of carbonyl (C=O) groups is 1. The molecule has 0 radical (unpaired) electrons. The van der Waals surface area contributed by atoms with Crippen LogP contribution in [-0.2, 0) is 30.4 Å². The average Bonchev–Trinajstić information content (AvgIpc) is 3.06. The SMILES string of the molecule is CC[C@@H]1C[C@@H]([C@@](CC(C)(C)CCOCc2ccccc2)(N=C=O)OC(C)(C)C)OC1=O. The van der Waals surface area contributed by atoms with Crippen molar-refractivity contribution in [1.82, 2.24) is 0 Å². The van der Waals surface area contributed by atoms with E-state index in [0.717, 1.165) is 12.0 Å². The lowest BCUT2D eigenvalue weighted by molar-refractivity contribution is -0.200. The molecule has 1 saturated heterocycles. The van der Waals surface area contributed by atoms with Crippen LogP contribution in [0.4, 0.5) is 0 Å². The van der Waals surface area contributed by atoms with E-state index in [0.29, 0.717) is 32.5 Å². The number of rotatable bonds is 11. The largest absolute Gasteiger partial charge is 0.457 e. The van der Waals surface area contributed by atoms with E-state index in [-0.39, 0.29) is 17.3 Å². The van der Waals surface area contributed by atoms with Crippen LogP contribution in [0.25, 0.3) is 0 Å². The Bertz CT molecular complexity index is 764. The van der Waals surface area contributed by atoms with Crippen LogP contribution >= 0.6 is 0 Å². The zero-order valence-electron chi connectivity index (χ0n) is 19.8. The molecule has 1 aromatic carbocycles. The highest BCUT2D eigenvalue weighted by molar-refractivity contribution is 5.74. The normalized spacial score (nSPS) is 21.3. The van der Waals surface area contributed by atoms with Crippen LogP contribution in [0.15, 0.2) is 35.3 Å². The summed E-state index contributed by atoms with van der Waals surface area (Å²) in [6, 6.07) is 10.0. The molecule has 0 saturated carbocycles. The standard InChI is InChI=1S/C25H37NO5/c1-7-20-15-21(30-22(20)28)25(26-18-27,31-23(2,3)4)17-24(5,6)13-14-29-16-19-11-9-8-10-12-19/h8-12,20-21H,7,13-17H2,1-6H3/t20-,21+,25+/m1/s1. The fourth-order valence-corrected chi connectivity index (χ4v) is 4.09. The highest BCUT2D eigenvalue weighted by atomic mass is 16.6. The number of benzene rings is 1. The van der Waals surface area contributed by atoms with Crippen molar-refractivity contribution < 1.29 is 23.8 Å². The van der Waals surface area contributed by atoms with Gasteiger partial charge in [0.15, 0.2) is 6.10 Å². The van der Waals surface area contributed by atoms with Crippen molar-refractivity contribution in [3.8, 4) is 0 Å². The number of ether oxygens (including phenoxy) is 3. The maximum absolute atomic E-state index is 12.3. The summed E-state index contributed by atoms with van der Waals surface area (Å²) in [5.41, 5.74) is -1.02. The van der Waals surface area contributed by atoms with Crippen molar-refractivity contribution in [3.63, 3.8) is 0 Å². The Hall–Kier alpha value is -2.01. The molecule has 6 nitrogen and oxygen atoms in total. The minimum Gasteiger partial charge on any atom is -0.457 e. The Labute approximate surface area is 186 Å². The molecule has 0 amide bonds. The molecule has 1 aliphatic heterocycles. The topological polar surface area (TPSA) is 74.2 Å². The highest BCUT2D eigenvalue weighted by Gasteiger charge is 2.53. The van der Waals surface area contributed by atoms with E-state index in [2.05, 4.69) is 18.8 Å². The molecular weight excluding hydrogens is 394 g/mol. The van der Waals surface area contributed by atoms with Crippen molar-refractivity contribution in [2.75, 3.05) is 6.61 Å². The summed E-state index contributed by atoms with van der Waals surface area (Å²) in [5.74, 6) is -0.452. The molecule has 0 aliphatic carbocycles. The van der Waals surface area contributed by atoms with Gasteiger partial charge < -0.3 is 14.2 Å². The van der Waals surface area contributed by atoms with Crippen LogP contribution in [0.2, 0.25) is 0 Å². The molecule has 0 bridgehead atoms. The maximum atomic E-state index is 12.3. The van der Waals surface area contributed by atoms with Gasteiger partial charge >= 0.3 is 5.97 Å². The van der Waals surface area contributed by atoms with E-state index in [1.54, 1.807) is 6.08 Å². The number of hydrogen-bond acceptors (Lipinski definition) is 6. The molecule has 0 unspecified atom stereocenters. The number of carbonyl (C=O) groups excluding carboxylic acids is 2. The van der Waals surface area contributed by atoms with Crippen molar-refractivity contribution in [2.45, 2.75) is 91.3 Å². The number of isocyanates is 1. The van der Waals surface area contributed by atoms with Gasteiger partial charge in [-0.05, 0) is 44.6 Å². The van der Waals surface area contributed by atoms with Gasteiger partial charge in [0.2, 0.25) is 11.8 Å². The summed E-state index contributed by atoms with van der Waals surface area (Å²) in [5, 5.41) is 0. The van der Waals surface area contributed by atoms with E-state index in [1.165, 1.54) is 0 Å². The van der Waals surface area contributed by atoms with Gasteiger partial charge in [0.1, 0.15) is 0 Å². The number of aliphatic imine (C=N–C) groups is 1. The predicted molar refractivity (Wildman–Crippen MR) is 119 cm³/mol. The number of cyclic esters (lactones) is 1. The lowest BCUT2D eigenvalue weighted by Crippen LogP contribution is -2.50. The van der Waals surface area contributed by atoms with Crippen molar-refractivity contribution in [1.29, 1.82) is 0 Å². The number of nitrogens with zero attached hydrogens (tertiary/aromatic N) is 1. The number of esters is 1. The quantitative estimate of drug-likeness (QED) is 0.208. The lowest BCUT2D eigenvalue weighted by Gasteiger charge is -2.42. The third-order valence-electron chi connectivity index (χ3n) is 5.57. The fourth-order valence-electron chi connectivity index (χ4n) is 4.09. The summed E-state index contributed by atoms with van der Waals surface area (Å²) in [6.45, 7) is 13.0. The van der Waals surface area contributed by atoms with Crippen molar-refractivity contribution in [2.24, 2.45) is 16.3 Å². The van der Waals surface area contributed by atoms with Gasteiger partial charge in [0.05, 0.1) is 18.1 Å². The van der Waals surface area contributed by atoms with Gasteiger partial charge in [-0.15, -0.1) is 0 Å². The van der Waals surface area contributed by atoms with Crippen molar-refractivity contribution in [3.05, 3.63) is 35.9 Å². The molecular formula is C25H37NO5. The summed E-state index contributed by atoms with van der Waals surface area (Å²) in [6.07, 6.45) is 3.40. The second kappa shape index (κ2) is 10.5. The van der Waals surface area contributed by atoms with E-state index in [1.807, 2.05) is 58.0 Å². The minimum atomic E-state index is -1.28. The Balaban J connectivity index is 2.14. The smallest absolute Gasteiger partial charge is 0.309 e. The molecule has 0 spiro atoms. The molecule has 0 N–H and O–H groups in total. The first kappa shape index (κ1) is 25.3. The molecule has 0 aromatic heterocycles. The molecule has 2 rings (SSSR count). The van der Waals surface area contributed by atoms with Gasteiger partial charge in [-0.1, -0.05) is 51.1 Å². The van der Waals surface area contributed by atoms with E-state index in [4.69, 9.17) is 14.2 Å². The fraction of sp³-hybridized carbons (Fsp3) is 0.680. The molecule has 31 heavy (non-hydrogen) atoms. The average molecular weight is 432 g/mol. The van der Waals surface area contributed by atoms with Gasteiger partial charge in [0.25, 0.3) is 0 Å². The van der Waals surface area contributed by atoms with Crippen LogP contribution < -0.4 is 0 Å². The molecule has 1 fully saturated rings. The third kappa shape index (κ3) is 7.57. The zero-order chi connectivity index (χ0) is 23.1. The molecule has 1 heterocycles. The minimum absolute atomic E-state index is 0.202. The van der Waals surface area contributed by atoms with E-state index >= 15 is 0 Å². The molecule has 3 atom stereocenters. The molecule has 172 valence electrons. The first-order valence-electron chi connectivity index (χ1n) is 11.1. The van der Waals surface area contributed by atoms with Gasteiger partial charge in [0, 0.05) is 19.4 Å². The molecule has 1 aliphatic rings. The summed E-state index contributed by atoms with van der Waals surface area (Å²) in [7, 11) is 0. The molecule has 1 aromatic rings. The van der Waals surface area contributed by atoms with E-state index in [9.17, 15) is 9.59 Å². The Morgan fingerprint density at radius 2 is 1.84 bits per heavy atom. The van der Waals surface area contributed by atoms with Gasteiger partial charge in [-0.25, -0.2) is 4.79 Å². The number of hydrogen-bond donors (Lipinski definition) is 0. The van der Waals surface area contributed by atoms with Crippen LogP contribution in [-0.4, -0.2) is 36.1 Å². The first-order valence-corrected chi connectivity index (χ1v) is 11.1. The second-order valence-corrected chi connectivity index (χ2v) is 10.2. The van der Waals surface area contributed by atoms with Crippen LogP contribution in [0, 0.1) is 11.3 Å². The van der Waals surface area contributed by atoms with Crippen LogP contribution in [0.5, 0.6) is 0 Å². The molecule has 6 heteroatoms. The zero-order valence-corrected chi connectivity index (χ0v) is 19.8. The van der Waals surface area contributed by atoms with Gasteiger partial charge in [-0.3, -0.25) is 4.79 Å². The predicted octanol–water partition coefficient (Wildman–Crippen LogP) is 5.20. The second-order valence-electron chi connectivity index (χ2n) is 10.2. The Morgan fingerprint density at radius 1 is 1.16 bits per heavy atom. The summed E-state index contributed by atoms with van der Waals surface area (Å²) < 4.78 is 17.9. The van der Waals surface area contributed by atoms with Crippen molar-refractivity contribution >= 4 is 12.0 Å². The maximum Gasteiger partial charge on any atom is 0.309 e. The van der Waals surface area contributed by atoms with Crippen LogP contribution in [0.1, 0.15) is 72.8 Å². The Morgan fingerprint density at radius 3 is 2.39 bits per heavy atom. The summed E-state index contributed by atoms with van der Waals surface area (Å²) >= 11 is 0. The lowest BCUT2D eigenvalue weighted by atomic mass is 9.78.